The maximum absolute atomic E-state index is 16.1. The summed E-state index contributed by atoms with van der Waals surface area (Å²) >= 11 is 0. The van der Waals surface area contributed by atoms with Gasteiger partial charge in [0.15, 0.2) is 5.82 Å². The Hall–Kier alpha value is -5.04. The van der Waals surface area contributed by atoms with E-state index in [1.54, 1.807) is 31.7 Å². The molecule has 0 amide bonds. The van der Waals surface area contributed by atoms with Crippen molar-refractivity contribution in [3.05, 3.63) is 139 Å². The highest BCUT2D eigenvalue weighted by Gasteiger charge is 2.21. The molecule has 0 saturated carbocycles. The first kappa shape index (κ1) is 40.0. The second-order valence-corrected chi connectivity index (χ2v) is 10.5. The van der Waals surface area contributed by atoms with Crippen LogP contribution in [0.3, 0.4) is 0 Å². The van der Waals surface area contributed by atoms with E-state index in [0.717, 1.165) is 28.1 Å². The molecule has 47 heavy (non-hydrogen) atoms. The van der Waals surface area contributed by atoms with E-state index in [1.807, 2.05) is 66.8 Å². The molecule has 1 aromatic carbocycles. The van der Waals surface area contributed by atoms with Crippen LogP contribution in [0.4, 0.5) is 20.2 Å². The van der Waals surface area contributed by atoms with E-state index in [-0.39, 0.29) is 23.1 Å². The van der Waals surface area contributed by atoms with Crippen molar-refractivity contribution in [2.45, 2.75) is 54.1 Å². The molecule has 0 unspecified atom stereocenters. The number of hydrogen-bond acceptors (Lipinski definition) is 6. The van der Waals surface area contributed by atoms with Crippen LogP contribution in [0.5, 0.6) is 0 Å². The molecule has 8 heteroatoms. The Balaban J connectivity index is 0.00000208. The highest BCUT2D eigenvalue weighted by molar-refractivity contribution is 5.87. The van der Waals surface area contributed by atoms with Crippen LogP contribution in [-0.2, 0) is 6.54 Å². The van der Waals surface area contributed by atoms with Crippen molar-refractivity contribution < 1.29 is 8.78 Å². The average molecular weight is 641 g/mol. The summed E-state index contributed by atoms with van der Waals surface area (Å²) in [7, 11) is 3.51. The molecule has 0 bridgehead atoms. The number of rotatable bonds is 13. The van der Waals surface area contributed by atoms with E-state index >= 15 is 4.39 Å². The molecule has 2 heterocycles. The molecule has 0 aliphatic rings. The van der Waals surface area contributed by atoms with Gasteiger partial charge in [0.05, 0.1) is 17.6 Å². The molecule has 3 aromatic rings. The maximum Gasteiger partial charge on any atom is 0.159 e. The van der Waals surface area contributed by atoms with Crippen LogP contribution >= 0.6 is 0 Å². The Labute approximate surface area is 280 Å². The van der Waals surface area contributed by atoms with Crippen molar-refractivity contribution >= 4 is 22.5 Å². The quantitative estimate of drug-likeness (QED) is 0.110. The molecular formula is C39H50F2N6. The van der Waals surface area contributed by atoms with E-state index in [2.05, 4.69) is 69.9 Å². The van der Waals surface area contributed by atoms with Crippen molar-refractivity contribution in [3.8, 4) is 11.3 Å². The number of benzene rings is 1. The fourth-order valence-corrected chi connectivity index (χ4v) is 4.57. The lowest BCUT2D eigenvalue weighted by Crippen LogP contribution is -2.15. The summed E-state index contributed by atoms with van der Waals surface area (Å²) in [5.74, 6) is -0.867. The van der Waals surface area contributed by atoms with Gasteiger partial charge in [-0.3, -0.25) is 9.97 Å². The number of nitrogens with zero attached hydrogens (tertiary/aromatic N) is 2. The molecule has 0 radical (unpaired) electrons. The first-order valence-electron chi connectivity index (χ1n) is 15.4. The summed E-state index contributed by atoms with van der Waals surface area (Å²) in [4.78, 5) is 8.64. The summed E-state index contributed by atoms with van der Waals surface area (Å²) in [5, 5.41) is 12.6. The maximum atomic E-state index is 16.1. The van der Waals surface area contributed by atoms with Gasteiger partial charge < -0.3 is 21.3 Å². The van der Waals surface area contributed by atoms with E-state index < -0.39 is 5.82 Å². The summed E-state index contributed by atoms with van der Waals surface area (Å²) in [6, 6.07) is 6.94. The lowest BCUT2D eigenvalue weighted by Gasteiger charge is -2.20. The minimum atomic E-state index is -0.541. The van der Waals surface area contributed by atoms with Crippen LogP contribution in [0.1, 0.15) is 58.2 Å². The second-order valence-electron chi connectivity index (χ2n) is 10.5. The highest BCUT2D eigenvalue weighted by atomic mass is 19.1. The molecule has 250 valence electrons. The molecular weight excluding hydrogens is 590 g/mol. The topological polar surface area (TPSA) is 73.9 Å². The zero-order chi connectivity index (χ0) is 35.7. The zero-order valence-electron chi connectivity index (χ0n) is 29.2. The minimum Gasteiger partial charge on any atom is -0.386 e. The van der Waals surface area contributed by atoms with Crippen LogP contribution in [0.15, 0.2) is 111 Å². The van der Waals surface area contributed by atoms with Crippen molar-refractivity contribution in [1.29, 1.82) is 0 Å². The van der Waals surface area contributed by atoms with Gasteiger partial charge in [-0.1, -0.05) is 58.9 Å². The van der Waals surface area contributed by atoms with Crippen LogP contribution < -0.4 is 21.3 Å². The third-order valence-corrected chi connectivity index (χ3v) is 6.66. The summed E-state index contributed by atoms with van der Waals surface area (Å²) in [6.45, 7) is 30.8. The zero-order valence-corrected chi connectivity index (χ0v) is 29.2. The third-order valence-electron chi connectivity index (χ3n) is 6.66. The Morgan fingerprint density at radius 1 is 1.00 bits per heavy atom. The molecule has 0 fully saturated rings. The van der Waals surface area contributed by atoms with Gasteiger partial charge in [-0.05, 0) is 81.3 Å². The predicted octanol–water partition coefficient (Wildman–Crippen LogP) is 9.67. The Morgan fingerprint density at radius 3 is 2.23 bits per heavy atom. The molecule has 0 spiro atoms. The van der Waals surface area contributed by atoms with Crippen molar-refractivity contribution in [2.75, 3.05) is 24.7 Å². The first-order valence-corrected chi connectivity index (χ1v) is 15.4. The average Bonchev–Trinajstić information content (AvgIpc) is 3.03. The van der Waals surface area contributed by atoms with Crippen LogP contribution in [0.2, 0.25) is 0 Å². The van der Waals surface area contributed by atoms with Crippen LogP contribution in [-0.4, -0.2) is 30.1 Å². The number of allylic oxidation sites excluding steroid dienone is 6. The van der Waals surface area contributed by atoms with Gasteiger partial charge in [-0.2, -0.15) is 0 Å². The molecule has 0 atom stereocenters. The Kier molecular flexibility index (Phi) is 17.1. The molecule has 0 saturated heterocycles. The molecule has 0 aliphatic carbocycles. The van der Waals surface area contributed by atoms with Gasteiger partial charge in [-0.15, -0.1) is 5.73 Å². The summed E-state index contributed by atoms with van der Waals surface area (Å²) < 4.78 is 30.6. The van der Waals surface area contributed by atoms with Gasteiger partial charge in [0.25, 0.3) is 0 Å². The number of anilines is 2. The van der Waals surface area contributed by atoms with Crippen LogP contribution in [0.25, 0.3) is 22.4 Å². The number of aromatic nitrogens is 2. The summed E-state index contributed by atoms with van der Waals surface area (Å²) in [5.41, 5.74) is 9.09. The van der Waals surface area contributed by atoms with Crippen molar-refractivity contribution in [3.63, 3.8) is 0 Å². The number of nitrogens with one attached hydrogen (secondary N) is 4. The normalized spacial score (nSPS) is 11.1. The van der Waals surface area contributed by atoms with E-state index in [1.165, 1.54) is 12.1 Å². The monoisotopic (exact) mass is 640 g/mol. The predicted molar refractivity (Wildman–Crippen MR) is 199 cm³/mol. The van der Waals surface area contributed by atoms with Crippen molar-refractivity contribution in [1.82, 2.24) is 20.6 Å². The first-order chi connectivity index (χ1) is 22.4. The largest absolute Gasteiger partial charge is 0.386 e. The Morgan fingerprint density at radius 2 is 1.66 bits per heavy atom. The lowest BCUT2D eigenvalue weighted by molar-refractivity contribution is 0.622. The SMILES string of the molecule is C=C/C=C(\C(C)=C(/C)NC(=C)C(=C)c1c(NC)cnc(-c2cncc(NC(C)C)c2)c1F)c1cc(F)cc(CNC)c1.C=C=C.CC. The standard InChI is InChI=1S/C34H40F2N6.C3H4.C2H6/c1-10-11-30(26-12-25(16-37-8)13-28(35)14-26)21(4)23(6)42-24(7)22(5)32-31(38-9)19-40-34(33(32)36)27-15-29(18-39-17-27)41-20(2)3;1-3-2;1-2/h10-15,17-20,37-38,41-42H,1,5,7,16H2,2-4,6,8-9H3;1-2H2;1-2H3/b23-21+,30-11+;;. The summed E-state index contributed by atoms with van der Waals surface area (Å²) in [6.07, 6.45) is 8.33. The Bertz CT molecular complexity index is 1640. The minimum absolute atomic E-state index is 0.154. The van der Waals surface area contributed by atoms with Crippen LogP contribution in [0, 0.1) is 11.6 Å². The molecule has 0 aliphatic heterocycles. The van der Waals surface area contributed by atoms with E-state index in [9.17, 15) is 4.39 Å². The number of pyridine rings is 2. The van der Waals surface area contributed by atoms with E-state index in [4.69, 9.17) is 0 Å². The molecule has 3 rings (SSSR count). The van der Waals surface area contributed by atoms with Gasteiger partial charge in [-0.25, -0.2) is 8.78 Å². The second kappa shape index (κ2) is 20.2. The van der Waals surface area contributed by atoms with Crippen molar-refractivity contribution in [2.24, 2.45) is 0 Å². The van der Waals surface area contributed by atoms with Gasteiger partial charge in [0.2, 0.25) is 0 Å². The molecule has 6 nitrogen and oxygen atoms in total. The highest BCUT2D eigenvalue weighted by Crippen LogP contribution is 2.35. The smallest absolute Gasteiger partial charge is 0.159 e. The number of halogens is 2. The molecule has 4 N–H and O–H groups in total. The third kappa shape index (κ3) is 11.4. The number of hydrogen-bond donors (Lipinski definition) is 4. The fourth-order valence-electron chi connectivity index (χ4n) is 4.57. The van der Waals surface area contributed by atoms with Gasteiger partial charge >= 0.3 is 0 Å². The molecule has 2 aromatic heterocycles. The fraction of sp³-hybridized carbons (Fsp3) is 0.256. The van der Waals surface area contributed by atoms with Gasteiger partial charge in [0, 0.05) is 60.1 Å². The lowest BCUT2D eigenvalue weighted by atomic mass is 9.95. The van der Waals surface area contributed by atoms with Gasteiger partial charge in [0.1, 0.15) is 11.5 Å². The van der Waals surface area contributed by atoms with E-state index in [0.29, 0.717) is 34.6 Å².